The zero-order chi connectivity index (χ0) is 26.6. The van der Waals surface area contributed by atoms with Gasteiger partial charge in [0.05, 0.1) is 6.54 Å². The van der Waals surface area contributed by atoms with E-state index in [0.29, 0.717) is 51.1 Å². The normalized spacial score (nSPS) is 16.7. The van der Waals surface area contributed by atoms with E-state index in [-0.39, 0.29) is 17.9 Å². The van der Waals surface area contributed by atoms with E-state index >= 15 is 0 Å². The Bertz CT molecular complexity index is 1160. The first-order chi connectivity index (χ1) is 17.6. The number of amides is 3. The molecule has 3 amide bonds. The lowest BCUT2D eigenvalue weighted by Crippen LogP contribution is -2.55. The Kier molecular flexibility index (Phi) is 7.57. The summed E-state index contributed by atoms with van der Waals surface area (Å²) in [5, 5.41) is 2.74. The van der Waals surface area contributed by atoms with Crippen molar-refractivity contribution in [3.63, 3.8) is 0 Å². The zero-order valence-corrected chi connectivity index (χ0v) is 21.8. The van der Waals surface area contributed by atoms with Crippen LogP contribution in [0.2, 0.25) is 0 Å². The van der Waals surface area contributed by atoms with Gasteiger partial charge in [0.25, 0.3) is 5.91 Å². The molecule has 2 aliphatic rings. The number of piperidine rings is 1. The Morgan fingerprint density at radius 2 is 1.73 bits per heavy atom. The molecule has 1 saturated heterocycles. The number of ether oxygens (including phenoxy) is 2. The Morgan fingerprint density at radius 1 is 1.05 bits per heavy atom. The Balaban J connectivity index is 1.51. The lowest BCUT2D eigenvalue weighted by Gasteiger charge is -2.42. The van der Waals surface area contributed by atoms with Crippen molar-refractivity contribution in [1.29, 1.82) is 0 Å². The number of likely N-dealkylation sites (tertiary alicyclic amines) is 1. The molecule has 0 saturated carbocycles. The first-order valence-electron chi connectivity index (χ1n) is 12.6. The van der Waals surface area contributed by atoms with Gasteiger partial charge >= 0.3 is 6.09 Å². The number of para-hydroxylation sites is 1. The summed E-state index contributed by atoms with van der Waals surface area (Å²) < 4.78 is 12.1. The molecule has 0 unspecified atom stereocenters. The number of benzene rings is 2. The number of carbonyl (C=O) groups excluding carboxylic acids is 3. The van der Waals surface area contributed by atoms with Crippen molar-refractivity contribution >= 4 is 17.9 Å². The molecule has 37 heavy (non-hydrogen) atoms. The van der Waals surface area contributed by atoms with Gasteiger partial charge in [0.15, 0.2) is 0 Å². The minimum atomic E-state index is -0.602. The summed E-state index contributed by atoms with van der Waals surface area (Å²) in [6.45, 7) is 11.2. The van der Waals surface area contributed by atoms with Crippen LogP contribution in [0.1, 0.15) is 55.1 Å². The highest BCUT2D eigenvalue weighted by molar-refractivity contribution is 5.94. The van der Waals surface area contributed by atoms with Gasteiger partial charge in [-0.1, -0.05) is 36.9 Å². The van der Waals surface area contributed by atoms with Crippen molar-refractivity contribution in [3.8, 4) is 5.75 Å². The molecule has 0 atom stereocenters. The molecule has 0 radical (unpaired) electrons. The van der Waals surface area contributed by atoms with Crippen LogP contribution in [0.3, 0.4) is 0 Å². The summed E-state index contributed by atoms with van der Waals surface area (Å²) in [6, 6.07) is 15.1. The molecule has 2 aliphatic heterocycles. The van der Waals surface area contributed by atoms with E-state index in [0.717, 1.165) is 16.9 Å². The Hall–Kier alpha value is -3.81. The largest absolute Gasteiger partial charge is 0.485 e. The predicted molar refractivity (Wildman–Crippen MR) is 140 cm³/mol. The molecule has 4 rings (SSSR count). The fourth-order valence-electron chi connectivity index (χ4n) is 4.65. The number of fused-ring (bicyclic) bond motifs is 1. The monoisotopic (exact) mass is 505 g/mol. The van der Waals surface area contributed by atoms with Crippen LogP contribution < -0.4 is 10.1 Å². The van der Waals surface area contributed by atoms with Crippen molar-refractivity contribution in [3.05, 3.63) is 77.9 Å². The standard InChI is InChI=1S/C29H35N3O5/c1-5-25(33)30-18-21-10-12-22(13-11-21)26(34)32-19-23-8-6-7-9-24(23)36-29(20-32)14-16-31(17-15-29)27(35)37-28(2,3)4/h5-13H,1,14-20H2,2-4H3,(H,30,33). The minimum absolute atomic E-state index is 0.0871. The van der Waals surface area contributed by atoms with Gasteiger partial charge in [0, 0.05) is 50.1 Å². The highest BCUT2D eigenvalue weighted by atomic mass is 16.6. The van der Waals surface area contributed by atoms with Gasteiger partial charge in [-0.25, -0.2) is 4.79 Å². The number of nitrogens with one attached hydrogen (secondary N) is 1. The molecule has 8 heteroatoms. The van der Waals surface area contributed by atoms with E-state index in [4.69, 9.17) is 9.47 Å². The van der Waals surface area contributed by atoms with E-state index in [1.54, 1.807) is 17.0 Å². The molecule has 2 aromatic rings. The third-order valence-electron chi connectivity index (χ3n) is 6.61. The number of nitrogens with zero attached hydrogens (tertiary/aromatic N) is 2. The third-order valence-corrected chi connectivity index (χ3v) is 6.61. The fraction of sp³-hybridized carbons (Fsp3) is 0.414. The third kappa shape index (κ3) is 6.50. The second-order valence-corrected chi connectivity index (χ2v) is 10.6. The van der Waals surface area contributed by atoms with Gasteiger partial charge in [-0.15, -0.1) is 0 Å². The molecule has 0 aliphatic carbocycles. The summed E-state index contributed by atoms with van der Waals surface area (Å²) in [7, 11) is 0. The Labute approximate surface area is 218 Å². The van der Waals surface area contributed by atoms with Crippen LogP contribution in [-0.4, -0.2) is 58.5 Å². The summed E-state index contributed by atoms with van der Waals surface area (Å²) in [5.41, 5.74) is 1.25. The van der Waals surface area contributed by atoms with E-state index in [1.165, 1.54) is 6.08 Å². The number of hydrogen-bond donors (Lipinski definition) is 1. The fourth-order valence-corrected chi connectivity index (χ4v) is 4.65. The predicted octanol–water partition coefficient (Wildman–Crippen LogP) is 4.29. The molecule has 196 valence electrons. The first kappa shape index (κ1) is 26.3. The van der Waals surface area contributed by atoms with Crippen molar-refractivity contribution < 1.29 is 23.9 Å². The van der Waals surface area contributed by atoms with Crippen molar-refractivity contribution in [2.24, 2.45) is 0 Å². The number of rotatable bonds is 4. The number of carbonyl (C=O) groups is 3. The average molecular weight is 506 g/mol. The Morgan fingerprint density at radius 3 is 2.38 bits per heavy atom. The van der Waals surface area contributed by atoms with Crippen LogP contribution in [0.4, 0.5) is 4.79 Å². The second-order valence-electron chi connectivity index (χ2n) is 10.6. The van der Waals surface area contributed by atoms with Gasteiger partial charge < -0.3 is 24.6 Å². The summed E-state index contributed by atoms with van der Waals surface area (Å²) in [4.78, 5) is 41.2. The van der Waals surface area contributed by atoms with Crippen LogP contribution in [0.15, 0.2) is 61.2 Å². The molecule has 1 N–H and O–H groups in total. The highest BCUT2D eigenvalue weighted by Gasteiger charge is 2.43. The molecular weight excluding hydrogens is 470 g/mol. The highest BCUT2D eigenvalue weighted by Crippen LogP contribution is 2.36. The molecule has 1 spiro atoms. The zero-order valence-electron chi connectivity index (χ0n) is 21.8. The molecular formula is C29H35N3O5. The lowest BCUT2D eigenvalue weighted by atomic mass is 9.90. The SMILES string of the molecule is C=CC(=O)NCc1ccc(C(=O)N2Cc3ccccc3OC3(CCN(C(=O)OC(C)(C)C)CC3)C2)cc1. The maximum absolute atomic E-state index is 13.6. The van der Waals surface area contributed by atoms with Gasteiger partial charge in [-0.05, 0) is 50.6 Å². The van der Waals surface area contributed by atoms with E-state index in [9.17, 15) is 14.4 Å². The molecule has 8 nitrogen and oxygen atoms in total. The van der Waals surface area contributed by atoms with Gasteiger partial charge in [-0.2, -0.15) is 0 Å². The van der Waals surface area contributed by atoms with Crippen LogP contribution in [0.5, 0.6) is 5.75 Å². The van der Waals surface area contributed by atoms with Crippen molar-refractivity contribution in [2.45, 2.75) is 57.9 Å². The lowest BCUT2D eigenvalue weighted by molar-refractivity contribution is -0.116. The topological polar surface area (TPSA) is 88.2 Å². The van der Waals surface area contributed by atoms with E-state index in [1.807, 2.05) is 62.1 Å². The summed E-state index contributed by atoms with van der Waals surface area (Å²) in [6.07, 6.45) is 2.08. The number of hydrogen-bond acceptors (Lipinski definition) is 5. The van der Waals surface area contributed by atoms with E-state index in [2.05, 4.69) is 11.9 Å². The summed E-state index contributed by atoms with van der Waals surface area (Å²) in [5.74, 6) is 0.444. The van der Waals surface area contributed by atoms with Crippen LogP contribution in [0.25, 0.3) is 0 Å². The van der Waals surface area contributed by atoms with Crippen LogP contribution >= 0.6 is 0 Å². The smallest absolute Gasteiger partial charge is 0.410 e. The van der Waals surface area contributed by atoms with Gasteiger partial charge in [0.2, 0.25) is 5.91 Å². The van der Waals surface area contributed by atoms with Crippen molar-refractivity contribution in [2.75, 3.05) is 19.6 Å². The first-order valence-corrected chi connectivity index (χ1v) is 12.6. The summed E-state index contributed by atoms with van der Waals surface area (Å²) >= 11 is 0. The quantitative estimate of drug-likeness (QED) is 0.627. The molecule has 0 aromatic heterocycles. The molecule has 2 aromatic carbocycles. The van der Waals surface area contributed by atoms with Crippen LogP contribution in [-0.2, 0) is 22.6 Å². The molecule has 0 bridgehead atoms. The van der Waals surface area contributed by atoms with Crippen molar-refractivity contribution in [1.82, 2.24) is 15.1 Å². The van der Waals surface area contributed by atoms with E-state index < -0.39 is 11.2 Å². The second kappa shape index (κ2) is 10.7. The molecule has 2 heterocycles. The maximum Gasteiger partial charge on any atom is 0.410 e. The maximum atomic E-state index is 13.6. The van der Waals surface area contributed by atoms with Crippen LogP contribution in [0, 0.1) is 0 Å². The average Bonchev–Trinajstić information content (AvgIpc) is 3.03. The molecule has 1 fully saturated rings. The minimum Gasteiger partial charge on any atom is -0.485 e. The van der Waals surface area contributed by atoms with Gasteiger partial charge in [0.1, 0.15) is 17.0 Å². The van der Waals surface area contributed by atoms with Gasteiger partial charge in [-0.3, -0.25) is 9.59 Å².